The van der Waals surface area contributed by atoms with E-state index in [4.69, 9.17) is 0 Å². The van der Waals surface area contributed by atoms with Crippen LogP contribution in [0.15, 0.2) is 0 Å². The smallest absolute Gasteiger partial charge is 0.145 e. The van der Waals surface area contributed by atoms with E-state index in [-0.39, 0.29) is 10.8 Å². The minimum Gasteiger partial charge on any atom is -0.298 e. The lowest BCUT2D eigenvalue weighted by Crippen LogP contribution is -2.59. The van der Waals surface area contributed by atoms with Gasteiger partial charge < -0.3 is 0 Å². The van der Waals surface area contributed by atoms with E-state index in [9.17, 15) is 4.79 Å². The second-order valence-electron chi connectivity index (χ2n) is 12.2. The summed E-state index contributed by atoms with van der Waals surface area (Å²) in [5.41, 5.74) is 0.291. The van der Waals surface area contributed by atoms with Gasteiger partial charge in [-0.3, -0.25) is 4.79 Å². The molecule has 1 heteroatoms. The predicted molar refractivity (Wildman–Crippen MR) is 128 cm³/mol. The van der Waals surface area contributed by atoms with Gasteiger partial charge in [-0.25, -0.2) is 0 Å². The number of Topliss-reactive ketones (excluding diaryl/α,β-unsaturated/α-hetero) is 1. The van der Waals surface area contributed by atoms with E-state index in [2.05, 4.69) is 13.8 Å². The molecule has 0 N–H and O–H groups in total. The Balaban J connectivity index is 1.16. The van der Waals surface area contributed by atoms with Crippen molar-refractivity contribution in [3.05, 3.63) is 0 Å². The topological polar surface area (TPSA) is 17.1 Å². The molecule has 0 heterocycles. The number of hydrogen-bond acceptors (Lipinski definition) is 1. The first-order chi connectivity index (χ1) is 14.6. The fourth-order valence-electron chi connectivity index (χ4n) is 8.36. The van der Waals surface area contributed by atoms with E-state index in [0.29, 0.717) is 0 Å². The van der Waals surface area contributed by atoms with Gasteiger partial charge in [0.25, 0.3) is 0 Å². The van der Waals surface area contributed by atoms with Crippen molar-refractivity contribution in [1.29, 1.82) is 0 Å². The molecule has 0 amide bonds. The van der Waals surface area contributed by atoms with E-state index < -0.39 is 0 Å². The number of carbonyl (C=O) groups is 1. The average molecular weight is 415 g/mol. The van der Waals surface area contributed by atoms with Crippen molar-refractivity contribution in [2.75, 3.05) is 0 Å². The van der Waals surface area contributed by atoms with E-state index in [1.807, 2.05) is 0 Å². The van der Waals surface area contributed by atoms with Crippen LogP contribution in [0.5, 0.6) is 0 Å². The van der Waals surface area contributed by atoms with Gasteiger partial charge in [0.1, 0.15) is 5.78 Å². The molecule has 2 spiro atoms. The SMILES string of the molecule is CCCCCCCC1CCC([C@H]2CC[C@]3(CC2)C[C@@]2(CCC(CC)CC2)C3=O)CC1. The van der Waals surface area contributed by atoms with Gasteiger partial charge in [0.2, 0.25) is 0 Å². The first-order valence-corrected chi connectivity index (χ1v) is 14.2. The molecule has 0 bridgehead atoms. The highest BCUT2D eigenvalue weighted by molar-refractivity contribution is 5.96. The number of unbranched alkanes of at least 4 members (excludes halogenated alkanes) is 4. The van der Waals surface area contributed by atoms with Crippen molar-refractivity contribution in [3.8, 4) is 0 Å². The van der Waals surface area contributed by atoms with Crippen molar-refractivity contribution < 1.29 is 4.79 Å². The Morgan fingerprint density at radius 2 is 1.23 bits per heavy atom. The average Bonchev–Trinajstić information content (AvgIpc) is 2.80. The normalized spacial score (nSPS) is 41.9. The Morgan fingerprint density at radius 3 is 1.80 bits per heavy atom. The van der Waals surface area contributed by atoms with Crippen LogP contribution in [0, 0.1) is 34.5 Å². The van der Waals surface area contributed by atoms with Crippen LogP contribution < -0.4 is 0 Å². The first kappa shape index (κ1) is 22.8. The van der Waals surface area contributed by atoms with Crippen LogP contribution in [-0.4, -0.2) is 5.78 Å². The summed E-state index contributed by atoms with van der Waals surface area (Å²) in [6.07, 6.45) is 27.6. The Kier molecular flexibility index (Phi) is 7.68. The third-order valence-electron chi connectivity index (χ3n) is 10.5. The first-order valence-electron chi connectivity index (χ1n) is 14.2. The van der Waals surface area contributed by atoms with Crippen molar-refractivity contribution >= 4 is 5.78 Å². The zero-order valence-electron chi connectivity index (χ0n) is 20.4. The molecule has 4 aliphatic rings. The fraction of sp³-hybridized carbons (Fsp3) is 0.966. The lowest BCUT2D eigenvalue weighted by molar-refractivity contribution is -0.169. The van der Waals surface area contributed by atoms with Gasteiger partial charge in [-0.1, -0.05) is 71.6 Å². The van der Waals surface area contributed by atoms with Crippen LogP contribution in [0.2, 0.25) is 0 Å². The maximum Gasteiger partial charge on any atom is 0.145 e. The van der Waals surface area contributed by atoms with Gasteiger partial charge in [-0.2, -0.15) is 0 Å². The van der Waals surface area contributed by atoms with Gasteiger partial charge in [0.15, 0.2) is 0 Å². The molecule has 4 aliphatic carbocycles. The van der Waals surface area contributed by atoms with Crippen molar-refractivity contribution in [2.24, 2.45) is 34.5 Å². The predicted octanol–water partition coefficient (Wildman–Crippen LogP) is 8.89. The molecule has 4 saturated carbocycles. The van der Waals surface area contributed by atoms with E-state index in [1.165, 1.54) is 128 Å². The summed E-state index contributed by atoms with van der Waals surface area (Å²) in [5, 5.41) is 0. The zero-order chi connectivity index (χ0) is 21.0. The highest BCUT2D eigenvalue weighted by Gasteiger charge is 2.63. The minimum atomic E-state index is 0.144. The van der Waals surface area contributed by atoms with E-state index in [0.717, 1.165) is 29.5 Å². The van der Waals surface area contributed by atoms with Gasteiger partial charge in [-0.15, -0.1) is 0 Å². The molecule has 0 radical (unpaired) electrons. The van der Waals surface area contributed by atoms with Crippen LogP contribution in [0.3, 0.4) is 0 Å². The Labute approximate surface area is 187 Å². The molecule has 1 nitrogen and oxygen atoms in total. The van der Waals surface area contributed by atoms with E-state index in [1.54, 1.807) is 0 Å². The van der Waals surface area contributed by atoms with Crippen LogP contribution in [-0.2, 0) is 4.79 Å². The van der Waals surface area contributed by atoms with E-state index >= 15 is 0 Å². The van der Waals surface area contributed by atoms with Gasteiger partial charge >= 0.3 is 0 Å². The summed E-state index contributed by atoms with van der Waals surface area (Å²) in [6, 6.07) is 0. The Morgan fingerprint density at radius 1 is 0.667 bits per heavy atom. The molecule has 4 rings (SSSR count). The highest BCUT2D eigenvalue weighted by Crippen LogP contribution is 2.64. The molecule has 0 saturated heterocycles. The number of carbonyl (C=O) groups excluding carboxylic acids is 1. The quantitative estimate of drug-likeness (QED) is 0.362. The molecule has 0 aromatic carbocycles. The number of rotatable bonds is 8. The highest BCUT2D eigenvalue weighted by atomic mass is 16.1. The maximum atomic E-state index is 13.4. The second kappa shape index (κ2) is 10.1. The van der Waals surface area contributed by atoms with Crippen LogP contribution in [0.1, 0.15) is 142 Å². The Hall–Kier alpha value is -0.330. The molecule has 0 atom stereocenters. The van der Waals surface area contributed by atoms with Crippen molar-refractivity contribution in [3.63, 3.8) is 0 Å². The zero-order valence-corrected chi connectivity index (χ0v) is 20.4. The molecule has 172 valence electrons. The Bertz CT molecular complexity index is 539. The van der Waals surface area contributed by atoms with Crippen LogP contribution in [0.25, 0.3) is 0 Å². The van der Waals surface area contributed by atoms with Crippen molar-refractivity contribution in [2.45, 2.75) is 142 Å². The second-order valence-corrected chi connectivity index (χ2v) is 12.2. The summed E-state index contributed by atoms with van der Waals surface area (Å²) in [7, 11) is 0. The summed E-state index contributed by atoms with van der Waals surface area (Å²) < 4.78 is 0. The standard InChI is InChI=1S/C29H50O/c1-3-5-6-7-8-9-24-10-12-25(13-11-24)26-16-20-29(21-17-26)22-28(27(29)30)18-14-23(4-2)15-19-28/h23-26H,3-22H2,1-2H3/t23?,24?,25?,26-,28-,29-. The summed E-state index contributed by atoms with van der Waals surface area (Å²) >= 11 is 0. The molecule has 0 unspecified atom stereocenters. The van der Waals surface area contributed by atoms with Gasteiger partial charge in [0.05, 0.1) is 0 Å². The summed E-state index contributed by atoms with van der Waals surface area (Å²) in [4.78, 5) is 13.4. The van der Waals surface area contributed by atoms with Crippen LogP contribution >= 0.6 is 0 Å². The summed E-state index contributed by atoms with van der Waals surface area (Å²) in [6.45, 7) is 4.64. The lowest BCUT2D eigenvalue weighted by Gasteiger charge is -2.59. The van der Waals surface area contributed by atoms with Crippen LogP contribution in [0.4, 0.5) is 0 Å². The van der Waals surface area contributed by atoms with Gasteiger partial charge in [-0.05, 0) is 94.3 Å². The molecule has 4 fully saturated rings. The molecule has 30 heavy (non-hydrogen) atoms. The molecular formula is C29H50O. The monoisotopic (exact) mass is 414 g/mol. The van der Waals surface area contributed by atoms with Crippen molar-refractivity contribution in [1.82, 2.24) is 0 Å². The third kappa shape index (κ3) is 4.71. The fourth-order valence-corrected chi connectivity index (χ4v) is 8.36. The largest absolute Gasteiger partial charge is 0.298 e. The van der Waals surface area contributed by atoms with Gasteiger partial charge in [0, 0.05) is 10.8 Å². The maximum absolute atomic E-state index is 13.4. The molecule has 0 aromatic rings. The number of ketones is 1. The lowest BCUT2D eigenvalue weighted by atomic mass is 9.43. The molecule has 0 aliphatic heterocycles. The summed E-state index contributed by atoms with van der Waals surface area (Å²) in [5.74, 6) is 4.60. The number of hydrogen-bond donors (Lipinski definition) is 0. The third-order valence-corrected chi connectivity index (χ3v) is 10.5. The molecule has 0 aromatic heterocycles. The molecular weight excluding hydrogens is 364 g/mol. The minimum absolute atomic E-state index is 0.144.